The van der Waals surface area contributed by atoms with Gasteiger partial charge in [0, 0.05) is 25.6 Å². The van der Waals surface area contributed by atoms with E-state index in [9.17, 15) is 4.79 Å². The van der Waals surface area contributed by atoms with Crippen molar-refractivity contribution in [2.24, 2.45) is 0 Å². The van der Waals surface area contributed by atoms with Gasteiger partial charge in [-0.15, -0.1) is 0 Å². The fraction of sp³-hybridized carbons (Fsp3) is 0.364. The van der Waals surface area contributed by atoms with E-state index in [0.29, 0.717) is 31.4 Å². The van der Waals surface area contributed by atoms with Crippen LogP contribution in [0.4, 0.5) is 5.82 Å². The summed E-state index contributed by atoms with van der Waals surface area (Å²) in [7, 11) is 1.66. The van der Waals surface area contributed by atoms with Crippen LogP contribution in [-0.4, -0.2) is 47.4 Å². The monoisotopic (exact) mass is 394 g/mol. The minimum Gasteiger partial charge on any atom is -0.468 e. The zero-order chi connectivity index (χ0) is 20.1. The lowest BCUT2D eigenvalue weighted by atomic mass is 10.3. The molecule has 152 valence electrons. The Labute approximate surface area is 170 Å². The topological polar surface area (TPSA) is 72.5 Å². The van der Waals surface area contributed by atoms with Gasteiger partial charge in [0.05, 0.1) is 37.3 Å². The molecule has 7 nitrogen and oxygen atoms in total. The molecule has 1 N–H and O–H groups in total. The molecule has 1 fully saturated rings. The smallest absolute Gasteiger partial charge is 0.239 e. The third-order valence-corrected chi connectivity index (χ3v) is 4.93. The van der Waals surface area contributed by atoms with Gasteiger partial charge in [-0.3, -0.25) is 9.69 Å². The van der Waals surface area contributed by atoms with Crippen LogP contribution in [0.1, 0.15) is 30.2 Å². The van der Waals surface area contributed by atoms with Crippen molar-refractivity contribution < 1.29 is 13.9 Å². The Bertz CT molecular complexity index is 917. The van der Waals surface area contributed by atoms with Crippen molar-refractivity contribution in [3.8, 4) is 5.69 Å². The number of hydrogen-bond donors (Lipinski definition) is 1. The molecule has 0 bridgehead atoms. The van der Waals surface area contributed by atoms with Crippen LogP contribution in [0, 0.1) is 0 Å². The number of benzene rings is 1. The molecular formula is C22H26N4O3. The van der Waals surface area contributed by atoms with Crippen molar-refractivity contribution in [2.45, 2.75) is 25.3 Å². The average Bonchev–Trinajstić information content (AvgIpc) is 3.30. The van der Waals surface area contributed by atoms with Gasteiger partial charge in [-0.25, -0.2) is 4.68 Å². The molecular weight excluding hydrogens is 368 g/mol. The van der Waals surface area contributed by atoms with Crippen LogP contribution in [0.5, 0.6) is 0 Å². The normalized spacial score (nSPS) is 13.7. The number of hydrogen-bond acceptors (Lipinski definition) is 5. The second-order valence-electron chi connectivity index (χ2n) is 7.31. The lowest BCUT2D eigenvalue weighted by Gasteiger charge is -2.20. The van der Waals surface area contributed by atoms with Gasteiger partial charge in [0.25, 0.3) is 0 Å². The molecule has 1 aliphatic rings. The van der Waals surface area contributed by atoms with E-state index in [-0.39, 0.29) is 12.5 Å². The van der Waals surface area contributed by atoms with Gasteiger partial charge < -0.3 is 14.5 Å². The highest BCUT2D eigenvalue weighted by Gasteiger charge is 2.28. The van der Waals surface area contributed by atoms with Crippen LogP contribution in [0.2, 0.25) is 0 Å². The molecule has 3 aromatic rings. The molecule has 1 saturated carbocycles. The number of aromatic nitrogens is 2. The second-order valence-corrected chi connectivity index (χ2v) is 7.31. The summed E-state index contributed by atoms with van der Waals surface area (Å²) in [5.74, 6) is 1.94. The molecule has 0 aliphatic heterocycles. The quantitative estimate of drug-likeness (QED) is 0.570. The van der Waals surface area contributed by atoms with Crippen molar-refractivity contribution in [3.05, 3.63) is 66.2 Å². The summed E-state index contributed by atoms with van der Waals surface area (Å²) >= 11 is 0. The average molecular weight is 394 g/mol. The number of rotatable bonds is 10. The highest BCUT2D eigenvalue weighted by molar-refractivity contribution is 5.91. The maximum Gasteiger partial charge on any atom is 0.239 e. The number of para-hydroxylation sites is 1. The lowest BCUT2D eigenvalue weighted by Crippen LogP contribution is -2.35. The highest BCUT2D eigenvalue weighted by Crippen LogP contribution is 2.40. The van der Waals surface area contributed by atoms with Gasteiger partial charge in [-0.05, 0) is 37.1 Å². The number of amides is 1. The zero-order valence-corrected chi connectivity index (χ0v) is 16.6. The summed E-state index contributed by atoms with van der Waals surface area (Å²) in [6.45, 7) is 1.97. The van der Waals surface area contributed by atoms with E-state index in [1.54, 1.807) is 13.4 Å². The fourth-order valence-electron chi connectivity index (χ4n) is 3.28. The van der Waals surface area contributed by atoms with Gasteiger partial charge in [0.2, 0.25) is 5.91 Å². The summed E-state index contributed by atoms with van der Waals surface area (Å²) in [5.41, 5.74) is 1.97. The summed E-state index contributed by atoms with van der Waals surface area (Å²) in [6, 6.07) is 15.6. The van der Waals surface area contributed by atoms with Crippen molar-refractivity contribution in [1.82, 2.24) is 14.7 Å². The van der Waals surface area contributed by atoms with Crippen LogP contribution < -0.4 is 5.32 Å². The predicted octanol–water partition coefficient (Wildman–Crippen LogP) is 3.43. The number of ether oxygens (including phenoxy) is 1. The minimum atomic E-state index is -0.0907. The Kier molecular flexibility index (Phi) is 6.07. The minimum absolute atomic E-state index is 0.0907. The van der Waals surface area contributed by atoms with Gasteiger partial charge >= 0.3 is 0 Å². The van der Waals surface area contributed by atoms with Crippen molar-refractivity contribution in [1.29, 1.82) is 0 Å². The Morgan fingerprint density at radius 2 is 2.10 bits per heavy atom. The number of carbonyl (C=O) groups excluding carboxylic acids is 1. The van der Waals surface area contributed by atoms with E-state index >= 15 is 0 Å². The molecule has 0 saturated heterocycles. The van der Waals surface area contributed by atoms with Crippen molar-refractivity contribution >= 4 is 11.7 Å². The zero-order valence-electron chi connectivity index (χ0n) is 16.6. The highest BCUT2D eigenvalue weighted by atomic mass is 16.5. The first-order valence-electron chi connectivity index (χ1n) is 9.92. The molecule has 0 unspecified atom stereocenters. The fourth-order valence-corrected chi connectivity index (χ4v) is 3.28. The molecule has 2 heterocycles. The van der Waals surface area contributed by atoms with E-state index < -0.39 is 0 Å². The molecule has 2 aromatic heterocycles. The number of carbonyl (C=O) groups is 1. The predicted molar refractivity (Wildman–Crippen MR) is 110 cm³/mol. The summed E-state index contributed by atoms with van der Waals surface area (Å²) in [6.07, 6.45) is 3.96. The lowest BCUT2D eigenvalue weighted by molar-refractivity contribution is -0.117. The summed E-state index contributed by atoms with van der Waals surface area (Å²) in [4.78, 5) is 14.8. The van der Waals surface area contributed by atoms with Gasteiger partial charge in [-0.2, -0.15) is 5.10 Å². The molecule has 0 spiro atoms. The molecule has 1 aliphatic carbocycles. The second kappa shape index (κ2) is 9.07. The third-order valence-electron chi connectivity index (χ3n) is 4.93. The Morgan fingerprint density at radius 3 is 2.79 bits per heavy atom. The Balaban J connectivity index is 1.47. The Hall–Kier alpha value is -2.90. The standard InChI is InChI=1S/C22H26N4O3/c1-28-13-11-25(15-19-8-5-12-29-19)16-22(27)23-21-14-20(17-9-10-17)24-26(21)18-6-3-2-4-7-18/h2-8,12,14,17H,9-11,13,15-16H2,1H3,(H,23,27). The number of nitrogens with zero attached hydrogens (tertiary/aromatic N) is 3. The maximum absolute atomic E-state index is 12.8. The molecule has 7 heteroatoms. The SMILES string of the molecule is COCCN(CC(=O)Nc1cc(C2CC2)nn1-c1ccccc1)Cc1ccco1. The van der Waals surface area contributed by atoms with Crippen molar-refractivity contribution in [2.75, 3.05) is 32.1 Å². The first-order valence-corrected chi connectivity index (χ1v) is 9.92. The first kappa shape index (κ1) is 19.4. The summed E-state index contributed by atoms with van der Waals surface area (Å²) < 4.78 is 12.4. The summed E-state index contributed by atoms with van der Waals surface area (Å²) in [5, 5.41) is 7.79. The van der Waals surface area contributed by atoms with E-state index in [2.05, 4.69) is 5.32 Å². The van der Waals surface area contributed by atoms with Crippen LogP contribution in [0.15, 0.2) is 59.2 Å². The number of furan rings is 1. The van der Waals surface area contributed by atoms with Crippen LogP contribution >= 0.6 is 0 Å². The molecule has 1 aromatic carbocycles. The first-order chi connectivity index (χ1) is 14.2. The van der Waals surface area contributed by atoms with Gasteiger partial charge in [-0.1, -0.05) is 18.2 Å². The van der Waals surface area contributed by atoms with Crippen LogP contribution in [-0.2, 0) is 16.1 Å². The largest absolute Gasteiger partial charge is 0.468 e. The Morgan fingerprint density at radius 1 is 1.28 bits per heavy atom. The number of methoxy groups -OCH3 is 1. The van der Waals surface area contributed by atoms with E-state index in [1.807, 2.05) is 58.1 Å². The third kappa shape index (κ3) is 5.13. The van der Waals surface area contributed by atoms with E-state index in [4.69, 9.17) is 14.3 Å². The molecule has 4 rings (SSSR count). The van der Waals surface area contributed by atoms with Crippen molar-refractivity contribution in [3.63, 3.8) is 0 Å². The van der Waals surface area contributed by atoms with E-state index in [1.165, 1.54) is 0 Å². The molecule has 29 heavy (non-hydrogen) atoms. The molecule has 1 amide bonds. The van der Waals surface area contributed by atoms with Gasteiger partial charge in [0.15, 0.2) is 0 Å². The van der Waals surface area contributed by atoms with Crippen LogP contribution in [0.3, 0.4) is 0 Å². The number of anilines is 1. The van der Waals surface area contributed by atoms with Crippen LogP contribution in [0.25, 0.3) is 5.69 Å². The molecule has 0 radical (unpaired) electrons. The molecule has 0 atom stereocenters. The number of nitrogens with one attached hydrogen (secondary N) is 1. The maximum atomic E-state index is 12.8. The van der Waals surface area contributed by atoms with E-state index in [0.717, 1.165) is 30.0 Å². The van der Waals surface area contributed by atoms with Gasteiger partial charge in [0.1, 0.15) is 11.6 Å².